The van der Waals surface area contributed by atoms with E-state index in [2.05, 4.69) is 5.32 Å². The molecule has 0 spiro atoms. The minimum Gasteiger partial charge on any atom is -0.379 e. The molecule has 2 rings (SSSR count). The van der Waals surface area contributed by atoms with Crippen LogP contribution in [0.15, 0.2) is 0 Å². The lowest BCUT2D eigenvalue weighted by molar-refractivity contribution is -0.142. The van der Waals surface area contributed by atoms with E-state index in [0.717, 1.165) is 0 Å². The molecule has 2 aliphatic heterocycles. The van der Waals surface area contributed by atoms with E-state index < -0.39 is 0 Å². The number of hydrogen-bond acceptors (Lipinski definition) is 4. The Morgan fingerprint density at radius 3 is 2.46 bits per heavy atom. The number of nitrogens with zero attached hydrogens (tertiary/aromatic N) is 2. The largest absolute Gasteiger partial charge is 0.379 e. The molecule has 3 amide bonds. The van der Waals surface area contributed by atoms with Crippen molar-refractivity contribution < 1.29 is 14.3 Å². The summed E-state index contributed by atoms with van der Waals surface area (Å²) in [6.07, 6.45) is 0. The third-order valence-corrected chi connectivity index (χ3v) is 2.09. The van der Waals surface area contributed by atoms with E-state index in [-0.39, 0.29) is 18.5 Å². The van der Waals surface area contributed by atoms with Crippen molar-refractivity contribution in [3.63, 3.8) is 0 Å². The van der Waals surface area contributed by atoms with Gasteiger partial charge in [0.2, 0.25) is 0 Å². The number of rotatable bonds is 1. The number of hydrazine groups is 1. The Balaban J connectivity index is 2.05. The first kappa shape index (κ1) is 8.46. The van der Waals surface area contributed by atoms with Crippen LogP contribution >= 0.6 is 0 Å². The molecule has 13 heavy (non-hydrogen) atoms. The summed E-state index contributed by atoms with van der Waals surface area (Å²) in [6.45, 7) is 2.43. The molecule has 72 valence electrons. The Morgan fingerprint density at radius 2 is 1.92 bits per heavy atom. The van der Waals surface area contributed by atoms with Crippen molar-refractivity contribution in [2.45, 2.75) is 0 Å². The molecule has 2 saturated heterocycles. The maximum atomic E-state index is 11.2. The normalized spacial score (nSPS) is 25.1. The Labute approximate surface area is 75.4 Å². The van der Waals surface area contributed by atoms with Crippen LogP contribution in [0, 0.1) is 0 Å². The number of carbonyl (C=O) groups is 2. The van der Waals surface area contributed by atoms with Gasteiger partial charge in [-0.25, -0.2) is 9.80 Å². The number of morpholine rings is 1. The van der Waals surface area contributed by atoms with Crippen LogP contribution in [-0.4, -0.2) is 54.8 Å². The van der Waals surface area contributed by atoms with E-state index in [1.54, 1.807) is 5.01 Å². The van der Waals surface area contributed by atoms with Crippen LogP contribution in [0.1, 0.15) is 0 Å². The van der Waals surface area contributed by atoms with Crippen LogP contribution in [0.25, 0.3) is 0 Å². The van der Waals surface area contributed by atoms with E-state index in [4.69, 9.17) is 4.74 Å². The van der Waals surface area contributed by atoms with Gasteiger partial charge in [-0.1, -0.05) is 0 Å². The summed E-state index contributed by atoms with van der Waals surface area (Å²) in [7, 11) is 0. The minimum atomic E-state index is -0.327. The molecule has 0 bridgehead atoms. The zero-order valence-corrected chi connectivity index (χ0v) is 7.15. The summed E-state index contributed by atoms with van der Waals surface area (Å²) < 4.78 is 5.12. The summed E-state index contributed by atoms with van der Waals surface area (Å²) >= 11 is 0. The summed E-state index contributed by atoms with van der Waals surface area (Å²) in [5, 5.41) is 5.36. The number of hydrogen-bond donors (Lipinski definition) is 1. The molecular weight excluding hydrogens is 174 g/mol. The number of carbonyl (C=O) groups excluding carboxylic acids is 2. The number of amides is 3. The van der Waals surface area contributed by atoms with Crippen LogP contribution in [-0.2, 0) is 9.53 Å². The number of nitrogens with one attached hydrogen (secondary N) is 1. The lowest BCUT2D eigenvalue weighted by atomic mass is 10.5. The van der Waals surface area contributed by atoms with Crippen molar-refractivity contribution in [2.24, 2.45) is 0 Å². The first-order chi connectivity index (χ1) is 6.29. The molecule has 6 nitrogen and oxygen atoms in total. The predicted molar refractivity (Wildman–Crippen MR) is 42.6 cm³/mol. The van der Waals surface area contributed by atoms with Crippen molar-refractivity contribution in [2.75, 3.05) is 32.8 Å². The lowest BCUT2D eigenvalue weighted by Crippen LogP contribution is -2.51. The number of urea groups is 1. The molecule has 0 aromatic carbocycles. The van der Waals surface area contributed by atoms with E-state index in [1.165, 1.54) is 5.01 Å². The zero-order chi connectivity index (χ0) is 9.26. The van der Waals surface area contributed by atoms with E-state index in [1.807, 2.05) is 0 Å². The highest BCUT2D eigenvalue weighted by atomic mass is 16.5. The Kier molecular flexibility index (Phi) is 2.15. The molecule has 2 fully saturated rings. The monoisotopic (exact) mass is 185 g/mol. The summed E-state index contributed by atoms with van der Waals surface area (Å²) in [5.74, 6) is -0.188. The summed E-state index contributed by atoms with van der Waals surface area (Å²) in [5.41, 5.74) is 0. The number of imide groups is 1. The molecule has 0 radical (unpaired) electrons. The zero-order valence-electron chi connectivity index (χ0n) is 7.15. The van der Waals surface area contributed by atoms with E-state index >= 15 is 0 Å². The molecular formula is C7H11N3O3. The highest BCUT2D eigenvalue weighted by molar-refractivity contribution is 6.01. The van der Waals surface area contributed by atoms with Crippen molar-refractivity contribution in [3.8, 4) is 0 Å². The van der Waals surface area contributed by atoms with Gasteiger partial charge >= 0.3 is 6.03 Å². The molecule has 1 N–H and O–H groups in total. The topological polar surface area (TPSA) is 61.9 Å². The third kappa shape index (κ3) is 1.50. The second-order valence-electron chi connectivity index (χ2n) is 2.93. The van der Waals surface area contributed by atoms with Gasteiger partial charge in [0.1, 0.15) is 6.54 Å². The van der Waals surface area contributed by atoms with Gasteiger partial charge < -0.3 is 10.1 Å². The van der Waals surface area contributed by atoms with Gasteiger partial charge in [-0.2, -0.15) is 5.01 Å². The van der Waals surface area contributed by atoms with Gasteiger partial charge in [0.25, 0.3) is 5.91 Å². The molecule has 0 unspecified atom stereocenters. The molecule has 0 aliphatic carbocycles. The fraction of sp³-hybridized carbons (Fsp3) is 0.714. The van der Waals surface area contributed by atoms with Gasteiger partial charge in [0, 0.05) is 13.1 Å². The molecule has 0 saturated carbocycles. The fourth-order valence-electron chi connectivity index (χ4n) is 1.45. The molecule has 2 heterocycles. The molecule has 0 aromatic rings. The van der Waals surface area contributed by atoms with Gasteiger partial charge in [-0.05, 0) is 0 Å². The molecule has 0 atom stereocenters. The average Bonchev–Trinajstić information content (AvgIpc) is 2.48. The van der Waals surface area contributed by atoms with Crippen LogP contribution in [0.4, 0.5) is 4.79 Å². The highest BCUT2D eigenvalue weighted by Gasteiger charge is 2.34. The Hall–Kier alpha value is -1.14. The lowest BCUT2D eigenvalue weighted by Gasteiger charge is -2.31. The van der Waals surface area contributed by atoms with Gasteiger partial charge in [0.15, 0.2) is 0 Å². The Bertz CT molecular complexity index is 221. The highest BCUT2D eigenvalue weighted by Crippen LogP contribution is 2.07. The summed E-state index contributed by atoms with van der Waals surface area (Å²) in [6, 6.07) is -0.327. The quantitative estimate of drug-likeness (QED) is 0.520. The maximum Gasteiger partial charge on any atom is 0.339 e. The second kappa shape index (κ2) is 3.31. The van der Waals surface area contributed by atoms with Crippen molar-refractivity contribution in [3.05, 3.63) is 0 Å². The average molecular weight is 185 g/mol. The van der Waals surface area contributed by atoms with Crippen molar-refractivity contribution in [1.29, 1.82) is 0 Å². The molecule has 6 heteroatoms. The number of ether oxygens (including phenoxy) is 1. The third-order valence-electron chi connectivity index (χ3n) is 2.09. The van der Waals surface area contributed by atoms with E-state index in [9.17, 15) is 9.59 Å². The molecule has 0 aromatic heterocycles. The van der Waals surface area contributed by atoms with Crippen LogP contribution in [0.2, 0.25) is 0 Å². The maximum absolute atomic E-state index is 11.2. The first-order valence-corrected chi connectivity index (χ1v) is 4.22. The van der Waals surface area contributed by atoms with E-state index in [0.29, 0.717) is 26.3 Å². The predicted octanol–water partition coefficient (Wildman–Crippen LogP) is -1.21. The first-order valence-electron chi connectivity index (χ1n) is 4.22. The standard InChI is InChI=1S/C7H11N3O3/c11-6-5-8-7(12)10(6)9-1-3-13-4-2-9/h1-5H2,(H,8,12). The second-order valence-corrected chi connectivity index (χ2v) is 2.93. The van der Waals surface area contributed by atoms with Crippen LogP contribution < -0.4 is 5.32 Å². The summed E-state index contributed by atoms with van der Waals surface area (Å²) in [4.78, 5) is 22.4. The molecule has 2 aliphatic rings. The smallest absolute Gasteiger partial charge is 0.339 e. The Morgan fingerprint density at radius 1 is 1.23 bits per heavy atom. The SMILES string of the molecule is O=C1CNC(=O)N1N1CCOCC1. The van der Waals surface area contributed by atoms with Gasteiger partial charge in [-0.3, -0.25) is 4.79 Å². The fourth-order valence-corrected chi connectivity index (χ4v) is 1.45. The van der Waals surface area contributed by atoms with Crippen molar-refractivity contribution >= 4 is 11.9 Å². The van der Waals surface area contributed by atoms with Gasteiger partial charge in [0.05, 0.1) is 13.2 Å². The van der Waals surface area contributed by atoms with Crippen LogP contribution in [0.5, 0.6) is 0 Å². The van der Waals surface area contributed by atoms with Gasteiger partial charge in [-0.15, -0.1) is 0 Å². The van der Waals surface area contributed by atoms with Crippen LogP contribution in [0.3, 0.4) is 0 Å². The minimum absolute atomic E-state index is 0.107. The van der Waals surface area contributed by atoms with Crippen molar-refractivity contribution in [1.82, 2.24) is 15.3 Å².